The zero-order valence-electron chi connectivity index (χ0n) is 14.5. The minimum absolute atomic E-state index is 0.0590. The van der Waals surface area contributed by atoms with E-state index < -0.39 is 0 Å². The molecule has 2 amide bonds. The second-order valence-electron chi connectivity index (χ2n) is 6.98. The fourth-order valence-corrected chi connectivity index (χ4v) is 3.42. The van der Waals surface area contributed by atoms with Crippen molar-refractivity contribution in [3.8, 4) is 0 Å². The Hall–Kier alpha value is -2.11. The first-order valence-corrected chi connectivity index (χ1v) is 8.86. The molecule has 1 aromatic rings. The SMILES string of the molecule is CC(C)N1CC(C(=O)Nc2ccc(N3CCCCC3)nc2)CC1=O. The van der Waals surface area contributed by atoms with Crippen LogP contribution in [0.15, 0.2) is 18.3 Å². The highest BCUT2D eigenvalue weighted by Gasteiger charge is 2.35. The van der Waals surface area contributed by atoms with E-state index in [0.29, 0.717) is 18.7 Å². The minimum Gasteiger partial charge on any atom is -0.357 e. The Bertz CT molecular complexity index is 594. The summed E-state index contributed by atoms with van der Waals surface area (Å²) >= 11 is 0. The van der Waals surface area contributed by atoms with Gasteiger partial charge in [0, 0.05) is 32.1 Å². The molecule has 0 saturated carbocycles. The topological polar surface area (TPSA) is 65.5 Å². The molecule has 3 rings (SSSR count). The summed E-state index contributed by atoms with van der Waals surface area (Å²) in [5.41, 5.74) is 0.691. The number of hydrogen-bond acceptors (Lipinski definition) is 4. The number of anilines is 2. The van der Waals surface area contributed by atoms with Crippen molar-refractivity contribution in [3.05, 3.63) is 18.3 Å². The Labute approximate surface area is 143 Å². The van der Waals surface area contributed by atoms with Gasteiger partial charge in [-0.1, -0.05) is 0 Å². The van der Waals surface area contributed by atoms with Gasteiger partial charge in [-0.15, -0.1) is 0 Å². The zero-order valence-corrected chi connectivity index (χ0v) is 14.5. The normalized spacial score (nSPS) is 21.5. The van der Waals surface area contributed by atoms with Crippen molar-refractivity contribution in [3.63, 3.8) is 0 Å². The first-order valence-electron chi connectivity index (χ1n) is 8.86. The van der Waals surface area contributed by atoms with Crippen LogP contribution >= 0.6 is 0 Å². The van der Waals surface area contributed by atoms with Crippen molar-refractivity contribution in [2.24, 2.45) is 5.92 Å². The highest BCUT2D eigenvalue weighted by atomic mass is 16.2. The third kappa shape index (κ3) is 3.68. The van der Waals surface area contributed by atoms with E-state index in [1.165, 1.54) is 19.3 Å². The molecule has 0 aliphatic carbocycles. The molecule has 0 radical (unpaired) electrons. The van der Waals surface area contributed by atoms with Gasteiger partial charge < -0.3 is 15.1 Å². The number of carbonyl (C=O) groups excluding carboxylic acids is 2. The summed E-state index contributed by atoms with van der Waals surface area (Å²) in [4.78, 5) is 32.8. The molecule has 0 spiro atoms. The molecule has 0 bridgehead atoms. The van der Waals surface area contributed by atoms with E-state index >= 15 is 0 Å². The lowest BCUT2D eigenvalue weighted by Gasteiger charge is -2.27. The Morgan fingerprint density at radius 1 is 1.25 bits per heavy atom. The average Bonchev–Trinajstić information content (AvgIpc) is 2.99. The lowest BCUT2D eigenvalue weighted by atomic mass is 10.1. The molecule has 1 atom stereocenters. The van der Waals surface area contributed by atoms with Gasteiger partial charge in [0.1, 0.15) is 5.82 Å². The van der Waals surface area contributed by atoms with Gasteiger partial charge in [0.25, 0.3) is 0 Å². The molecule has 1 unspecified atom stereocenters. The molecular formula is C18H26N4O2. The van der Waals surface area contributed by atoms with Crippen molar-refractivity contribution in [1.29, 1.82) is 0 Å². The number of nitrogens with one attached hydrogen (secondary N) is 1. The van der Waals surface area contributed by atoms with Crippen LogP contribution in [-0.4, -0.2) is 47.4 Å². The van der Waals surface area contributed by atoms with Crippen molar-refractivity contribution < 1.29 is 9.59 Å². The van der Waals surface area contributed by atoms with Crippen molar-refractivity contribution >= 4 is 23.3 Å². The smallest absolute Gasteiger partial charge is 0.229 e. The summed E-state index contributed by atoms with van der Waals surface area (Å²) in [7, 11) is 0. The van der Waals surface area contributed by atoms with Gasteiger partial charge in [-0.05, 0) is 45.2 Å². The number of pyridine rings is 1. The van der Waals surface area contributed by atoms with Crippen LogP contribution in [0.25, 0.3) is 0 Å². The van der Waals surface area contributed by atoms with Crippen LogP contribution in [0.2, 0.25) is 0 Å². The monoisotopic (exact) mass is 330 g/mol. The summed E-state index contributed by atoms with van der Waals surface area (Å²) in [6.45, 7) is 6.55. The number of amides is 2. The molecule has 2 aliphatic heterocycles. The van der Waals surface area contributed by atoms with Crippen molar-refractivity contribution in [2.75, 3.05) is 29.9 Å². The Kier molecular flexibility index (Phi) is 5.02. The molecule has 6 heteroatoms. The molecule has 2 fully saturated rings. The van der Waals surface area contributed by atoms with Crippen molar-refractivity contribution in [2.45, 2.75) is 45.6 Å². The number of likely N-dealkylation sites (tertiary alicyclic amines) is 1. The summed E-state index contributed by atoms with van der Waals surface area (Å²) in [6.07, 6.45) is 5.71. The predicted molar refractivity (Wildman–Crippen MR) is 93.9 cm³/mol. The Balaban J connectivity index is 1.58. The van der Waals surface area contributed by atoms with Gasteiger partial charge in [-0.25, -0.2) is 4.98 Å². The first kappa shape index (κ1) is 16.7. The molecular weight excluding hydrogens is 304 g/mol. The largest absolute Gasteiger partial charge is 0.357 e. The van der Waals surface area contributed by atoms with E-state index in [-0.39, 0.29) is 23.8 Å². The standard InChI is InChI=1S/C18H26N4O2/c1-13(2)22-12-14(10-17(22)23)18(24)20-15-6-7-16(19-11-15)21-8-4-3-5-9-21/h6-7,11,13-14H,3-5,8-10,12H2,1-2H3,(H,20,24). The molecule has 6 nitrogen and oxygen atoms in total. The molecule has 3 heterocycles. The Morgan fingerprint density at radius 2 is 2.00 bits per heavy atom. The van der Waals surface area contributed by atoms with Crippen LogP contribution in [-0.2, 0) is 9.59 Å². The number of hydrogen-bond donors (Lipinski definition) is 1. The molecule has 130 valence electrons. The lowest BCUT2D eigenvalue weighted by Crippen LogP contribution is -2.33. The molecule has 2 aliphatic rings. The van der Waals surface area contributed by atoms with Crippen LogP contribution < -0.4 is 10.2 Å². The number of rotatable bonds is 4. The van der Waals surface area contributed by atoms with E-state index in [0.717, 1.165) is 18.9 Å². The fraction of sp³-hybridized carbons (Fsp3) is 0.611. The maximum Gasteiger partial charge on any atom is 0.229 e. The highest BCUT2D eigenvalue weighted by molar-refractivity contribution is 5.97. The third-order valence-corrected chi connectivity index (χ3v) is 4.85. The van der Waals surface area contributed by atoms with E-state index in [2.05, 4.69) is 15.2 Å². The van der Waals surface area contributed by atoms with Crippen LogP contribution in [0.5, 0.6) is 0 Å². The van der Waals surface area contributed by atoms with Crippen molar-refractivity contribution in [1.82, 2.24) is 9.88 Å². The second-order valence-corrected chi connectivity index (χ2v) is 6.98. The van der Waals surface area contributed by atoms with Gasteiger partial charge in [0.15, 0.2) is 0 Å². The summed E-state index contributed by atoms with van der Waals surface area (Å²) in [5.74, 6) is 0.652. The first-order chi connectivity index (χ1) is 11.5. The van der Waals surface area contributed by atoms with Gasteiger partial charge in [-0.3, -0.25) is 9.59 Å². The number of piperidine rings is 1. The molecule has 0 aromatic carbocycles. The summed E-state index contributed by atoms with van der Waals surface area (Å²) < 4.78 is 0. The van der Waals surface area contributed by atoms with Gasteiger partial charge in [-0.2, -0.15) is 0 Å². The van der Waals surface area contributed by atoms with Gasteiger partial charge >= 0.3 is 0 Å². The van der Waals surface area contributed by atoms with Crippen LogP contribution in [0.4, 0.5) is 11.5 Å². The number of nitrogens with zero attached hydrogens (tertiary/aromatic N) is 3. The maximum atomic E-state index is 12.4. The second kappa shape index (κ2) is 7.20. The zero-order chi connectivity index (χ0) is 17.1. The predicted octanol–water partition coefficient (Wildman–Crippen LogP) is 2.27. The van der Waals surface area contributed by atoms with Crippen LogP contribution in [0, 0.1) is 5.92 Å². The van der Waals surface area contributed by atoms with E-state index in [1.807, 2.05) is 26.0 Å². The van der Waals surface area contributed by atoms with Crippen LogP contribution in [0.1, 0.15) is 39.5 Å². The number of carbonyl (C=O) groups is 2. The summed E-state index contributed by atoms with van der Waals surface area (Å²) in [5, 5.41) is 2.90. The lowest BCUT2D eigenvalue weighted by molar-refractivity contribution is -0.129. The molecule has 1 N–H and O–H groups in total. The van der Waals surface area contributed by atoms with E-state index in [9.17, 15) is 9.59 Å². The molecule has 1 aromatic heterocycles. The third-order valence-electron chi connectivity index (χ3n) is 4.85. The van der Waals surface area contributed by atoms with Gasteiger partial charge in [0.05, 0.1) is 17.8 Å². The molecule has 2 saturated heterocycles. The van der Waals surface area contributed by atoms with Gasteiger partial charge in [0.2, 0.25) is 11.8 Å². The maximum absolute atomic E-state index is 12.4. The summed E-state index contributed by atoms with van der Waals surface area (Å²) in [6, 6.07) is 3.99. The van der Waals surface area contributed by atoms with Crippen LogP contribution in [0.3, 0.4) is 0 Å². The fourth-order valence-electron chi connectivity index (χ4n) is 3.42. The number of aromatic nitrogens is 1. The highest BCUT2D eigenvalue weighted by Crippen LogP contribution is 2.23. The average molecular weight is 330 g/mol. The Morgan fingerprint density at radius 3 is 2.58 bits per heavy atom. The minimum atomic E-state index is -0.276. The van der Waals surface area contributed by atoms with E-state index in [1.54, 1.807) is 11.1 Å². The molecule has 24 heavy (non-hydrogen) atoms. The quantitative estimate of drug-likeness (QED) is 0.920. The van der Waals surface area contributed by atoms with E-state index in [4.69, 9.17) is 0 Å².